The van der Waals surface area contributed by atoms with Crippen LogP contribution in [0, 0.1) is 11.6 Å². The van der Waals surface area contributed by atoms with Crippen LogP contribution >= 0.6 is 0 Å². The van der Waals surface area contributed by atoms with Gasteiger partial charge >= 0.3 is 0 Å². The number of fused-ring (bicyclic) bond motifs is 2. The Kier molecular flexibility index (Phi) is 8.33. The van der Waals surface area contributed by atoms with E-state index in [4.69, 9.17) is 0 Å². The maximum atomic E-state index is 14.5. The lowest BCUT2D eigenvalue weighted by atomic mass is 9.81. The minimum Gasteiger partial charge on any atom is -0.207 e. The quantitative estimate of drug-likeness (QED) is 0.147. The summed E-state index contributed by atoms with van der Waals surface area (Å²) >= 11 is 0. The summed E-state index contributed by atoms with van der Waals surface area (Å²) in [5, 5.41) is 11.6. The minimum atomic E-state index is -0.268. The predicted molar refractivity (Wildman–Crippen MR) is 258 cm³/mol. The first-order valence-corrected chi connectivity index (χ1v) is 21.0. The van der Waals surface area contributed by atoms with Gasteiger partial charge in [-0.15, -0.1) is 0 Å². The van der Waals surface area contributed by atoms with E-state index in [1.54, 1.807) is 24.3 Å². The molecular formula is C60H36F2. The molecule has 12 rings (SSSR count). The van der Waals surface area contributed by atoms with Crippen molar-refractivity contribution in [3.05, 3.63) is 230 Å². The third-order valence-electron chi connectivity index (χ3n) is 12.8. The minimum absolute atomic E-state index is 0.268. The average Bonchev–Trinajstić information content (AvgIpc) is 3.33. The van der Waals surface area contributed by atoms with Crippen LogP contribution in [0.2, 0.25) is 0 Å². The Morgan fingerprint density at radius 2 is 0.484 bits per heavy atom. The molecule has 0 aromatic heterocycles. The normalized spacial score (nSPS) is 11.7. The highest BCUT2D eigenvalue weighted by Crippen LogP contribution is 2.49. The van der Waals surface area contributed by atoms with Crippen LogP contribution in [0.15, 0.2) is 218 Å². The van der Waals surface area contributed by atoms with Gasteiger partial charge in [-0.3, -0.25) is 0 Å². The van der Waals surface area contributed by atoms with Crippen molar-refractivity contribution < 1.29 is 8.78 Å². The van der Waals surface area contributed by atoms with Crippen LogP contribution in [0.3, 0.4) is 0 Å². The van der Waals surface area contributed by atoms with E-state index in [1.165, 1.54) is 32.7 Å². The van der Waals surface area contributed by atoms with Crippen LogP contribution in [0.1, 0.15) is 0 Å². The summed E-state index contributed by atoms with van der Waals surface area (Å²) in [6.45, 7) is 0. The van der Waals surface area contributed by atoms with Gasteiger partial charge in [0.05, 0.1) is 0 Å². The predicted octanol–water partition coefficient (Wildman–Crippen LogP) is 17.2. The van der Waals surface area contributed by atoms with Gasteiger partial charge in [0.15, 0.2) is 0 Å². The molecule has 2 heteroatoms. The van der Waals surface area contributed by atoms with Gasteiger partial charge in [0.25, 0.3) is 0 Å². The zero-order chi connectivity index (χ0) is 41.3. The molecule has 0 atom stereocenters. The summed E-state index contributed by atoms with van der Waals surface area (Å²) < 4.78 is 28.9. The van der Waals surface area contributed by atoms with Gasteiger partial charge in [0.2, 0.25) is 0 Å². The van der Waals surface area contributed by atoms with Gasteiger partial charge in [-0.05, 0) is 157 Å². The van der Waals surface area contributed by atoms with Gasteiger partial charge in [-0.2, -0.15) is 0 Å². The first kappa shape index (κ1) is 36.0. The Morgan fingerprint density at radius 3 is 0.823 bits per heavy atom. The van der Waals surface area contributed by atoms with Crippen LogP contribution < -0.4 is 0 Å². The molecule has 0 saturated heterocycles. The lowest BCUT2D eigenvalue weighted by Gasteiger charge is -2.22. The number of rotatable bonds is 6. The van der Waals surface area contributed by atoms with Crippen molar-refractivity contribution in [2.45, 2.75) is 0 Å². The number of halogens is 2. The Labute approximate surface area is 357 Å². The molecule has 0 radical (unpaired) electrons. The molecule has 0 fully saturated rings. The lowest BCUT2D eigenvalue weighted by Crippen LogP contribution is -1.94. The molecule has 12 aromatic rings. The summed E-state index contributed by atoms with van der Waals surface area (Å²) in [4.78, 5) is 0. The van der Waals surface area contributed by atoms with E-state index in [-0.39, 0.29) is 11.6 Å². The smallest absolute Gasteiger partial charge is 0.123 e. The van der Waals surface area contributed by atoms with Crippen molar-refractivity contribution in [3.8, 4) is 66.8 Å². The van der Waals surface area contributed by atoms with E-state index in [2.05, 4.69) is 170 Å². The maximum absolute atomic E-state index is 14.5. The van der Waals surface area contributed by atoms with Crippen molar-refractivity contribution >= 4 is 53.9 Å². The van der Waals surface area contributed by atoms with Crippen molar-refractivity contribution in [2.75, 3.05) is 0 Å². The molecule has 0 spiro atoms. The van der Waals surface area contributed by atoms with E-state index in [0.717, 1.165) is 88.0 Å². The number of benzene rings is 12. The Hall–Kier alpha value is -7.94. The fourth-order valence-electron chi connectivity index (χ4n) is 9.82. The molecule has 0 nitrogen and oxygen atoms in total. The second kappa shape index (κ2) is 14.4. The highest BCUT2D eigenvalue weighted by Gasteiger charge is 2.21. The fraction of sp³-hybridized carbons (Fsp3) is 0. The second-order valence-electron chi connectivity index (χ2n) is 16.2. The summed E-state index contributed by atoms with van der Waals surface area (Å²) in [6.07, 6.45) is 0. The van der Waals surface area contributed by atoms with Gasteiger partial charge in [0, 0.05) is 0 Å². The molecule has 12 aromatic carbocycles. The Bertz CT molecular complexity index is 3400. The summed E-state index contributed by atoms with van der Waals surface area (Å²) in [7, 11) is 0. The third kappa shape index (κ3) is 5.87. The van der Waals surface area contributed by atoms with Gasteiger partial charge in [-0.1, -0.05) is 182 Å². The SMILES string of the molecule is Fc1ccc(-c2cc(-c3ccc(-c4cccc5ccccc45)cc3)c3ccc4c(-c5ccc(F)cc5)cc(-c5ccc(-c6cccc7ccccc67)cc5)c5ccc2c3c45)cc1. The van der Waals surface area contributed by atoms with Gasteiger partial charge in [-0.25, -0.2) is 8.78 Å². The molecule has 0 unspecified atom stereocenters. The maximum Gasteiger partial charge on any atom is 0.123 e. The Morgan fingerprint density at radius 1 is 0.210 bits per heavy atom. The lowest BCUT2D eigenvalue weighted by molar-refractivity contribution is 0.627. The van der Waals surface area contributed by atoms with E-state index in [1.807, 2.05) is 24.3 Å². The molecule has 62 heavy (non-hydrogen) atoms. The van der Waals surface area contributed by atoms with Crippen LogP contribution in [0.4, 0.5) is 8.78 Å². The van der Waals surface area contributed by atoms with E-state index < -0.39 is 0 Å². The standard InChI is InChI=1S/C60H36F2/c61-45-27-23-43(24-28-45)57-35-55(41-19-15-39(16-20-41)49-13-5-9-37-7-1-3-11-47(37)49)51-31-33-54-58(44-25-29-46(62)30-26-44)36-56(52-32-34-53(57)59(51)60(52)54)42-21-17-40(18-22-42)50-14-6-10-38-8-2-4-12-48(38)50/h1-36H. The summed E-state index contributed by atoms with van der Waals surface area (Å²) in [5.74, 6) is -0.536. The summed E-state index contributed by atoms with van der Waals surface area (Å²) in [6, 6.07) is 74.9. The van der Waals surface area contributed by atoms with Gasteiger partial charge in [0.1, 0.15) is 11.6 Å². The van der Waals surface area contributed by atoms with Crippen molar-refractivity contribution in [1.29, 1.82) is 0 Å². The van der Waals surface area contributed by atoms with Crippen molar-refractivity contribution in [2.24, 2.45) is 0 Å². The highest BCUT2D eigenvalue weighted by molar-refractivity contribution is 6.32. The monoisotopic (exact) mass is 794 g/mol. The first-order chi connectivity index (χ1) is 30.6. The van der Waals surface area contributed by atoms with Crippen molar-refractivity contribution in [1.82, 2.24) is 0 Å². The van der Waals surface area contributed by atoms with E-state index in [0.29, 0.717) is 0 Å². The zero-order valence-corrected chi connectivity index (χ0v) is 33.5. The van der Waals surface area contributed by atoms with Crippen LogP contribution in [0.25, 0.3) is 121 Å². The molecule has 0 amide bonds. The largest absolute Gasteiger partial charge is 0.207 e. The zero-order valence-electron chi connectivity index (χ0n) is 33.5. The van der Waals surface area contributed by atoms with E-state index >= 15 is 0 Å². The van der Waals surface area contributed by atoms with Gasteiger partial charge < -0.3 is 0 Å². The molecule has 0 aliphatic heterocycles. The van der Waals surface area contributed by atoms with Crippen LogP contribution in [0.5, 0.6) is 0 Å². The molecular weight excluding hydrogens is 759 g/mol. The topological polar surface area (TPSA) is 0 Å². The number of hydrogen-bond acceptors (Lipinski definition) is 0. The van der Waals surface area contributed by atoms with Crippen LogP contribution in [-0.4, -0.2) is 0 Å². The number of hydrogen-bond donors (Lipinski definition) is 0. The molecule has 0 aliphatic carbocycles. The molecule has 290 valence electrons. The van der Waals surface area contributed by atoms with Crippen LogP contribution in [-0.2, 0) is 0 Å². The molecule has 0 N–H and O–H groups in total. The molecule has 0 heterocycles. The van der Waals surface area contributed by atoms with E-state index in [9.17, 15) is 8.78 Å². The first-order valence-electron chi connectivity index (χ1n) is 21.0. The highest BCUT2D eigenvalue weighted by atomic mass is 19.1. The summed E-state index contributed by atoms with van der Waals surface area (Å²) in [5.41, 5.74) is 13.1. The Balaban J connectivity index is 1.11. The molecule has 0 saturated carbocycles. The molecule has 0 aliphatic rings. The van der Waals surface area contributed by atoms with Crippen molar-refractivity contribution in [3.63, 3.8) is 0 Å². The average molecular weight is 795 g/mol. The third-order valence-corrected chi connectivity index (χ3v) is 12.8. The molecule has 0 bridgehead atoms. The second-order valence-corrected chi connectivity index (χ2v) is 16.2. The fourth-order valence-corrected chi connectivity index (χ4v) is 9.82.